The maximum absolute atomic E-state index is 12.7. The highest BCUT2D eigenvalue weighted by Gasteiger charge is 2.22. The highest BCUT2D eigenvalue weighted by atomic mass is 16.5. The standard InChI is InChI=1S/C20H20N2O5/c1-22-11-14(13-7-5-6-8-15(13)22)18(23)20(24)21-12-9-16(25-2)19(27-4)17(10-12)26-3/h5-11H,1-4H3,(H,21,24). The van der Waals surface area contributed by atoms with Crippen LogP contribution >= 0.6 is 0 Å². The van der Waals surface area contributed by atoms with E-state index in [1.165, 1.54) is 21.3 Å². The summed E-state index contributed by atoms with van der Waals surface area (Å²) in [5.41, 5.74) is 1.59. The van der Waals surface area contributed by atoms with E-state index < -0.39 is 11.7 Å². The predicted octanol–water partition coefficient (Wildman–Crippen LogP) is 3.03. The fourth-order valence-electron chi connectivity index (χ4n) is 2.99. The molecular weight excluding hydrogens is 348 g/mol. The van der Waals surface area contributed by atoms with E-state index in [4.69, 9.17) is 14.2 Å². The molecule has 0 spiro atoms. The van der Waals surface area contributed by atoms with Crippen LogP contribution in [0.2, 0.25) is 0 Å². The molecule has 0 unspecified atom stereocenters. The number of hydrogen-bond acceptors (Lipinski definition) is 5. The second kappa shape index (κ2) is 7.41. The van der Waals surface area contributed by atoms with Gasteiger partial charge in [0, 0.05) is 42.0 Å². The van der Waals surface area contributed by atoms with E-state index in [0.29, 0.717) is 28.5 Å². The quantitative estimate of drug-likeness (QED) is 0.534. The van der Waals surface area contributed by atoms with Crippen LogP contribution in [-0.4, -0.2) is 37.6 Å². The Kier molecular flexibility index (Phi) is 5.03. The third-order valence-corrected chi connectivity index (χ3v) is 4.27. The minimum absolute atomic E-state index is 0.345. The first-order chi connectivity index (χ1) is 13.0. The molecule has 1 N–H and O–H groups in total. The van der Waals surface area contributed by atoms with Crippen LogP contribution in [0, 0.1) is 0 Å². The number of rotatable bonds is 6. The van der Waals surface area contributed by atoms with Crippen LogP contribution in [0.15, 0.2) is 42.6 Å². The zero-order chi connectivity index (χ0) is 19.6. The Morgan fingerprint density at radius 2 is 1.59 bits per heavy atom. The van der Waals surface area contributed by atoms with Gasteiger partial charge in [-0.2, -0.15) is 0 Å². The number of ether oxygens (including phenoxy) is 3. The van der Waals surface area contributed by atoms with E-state index in [9.17, 15) is 9.59 Å². The molecule has 0 aliphatic carbocycles. The molecule has 7 nitrogen and oxygen atoms in total. The fourth-order valence-corrected chi connectivity index (χ4v) is 2.99. The van der Waals surface area contributed by atoms with Crippen LogP contribution in [0.4, 0.5) is 5.69 Å². The van der Waals surface area contributed by atoms with Gasteiger partial charge in [0.1, 0.15) is 0 Å². The van der Waals surface area contributed by atoms with Gasteiger partial charge in [-0.1, -0.05) is 18.2 Å². The molecule has 140 valence electrons. The van der Waals surface area contributed by atoms with Crippen molar-refractivity contribution in [3.8, 4) is 17.2 Å². The summed E-state index contributed by atoms with van der Waals surface area (Å²) in [6.07, 6.45) is 1.65. The molecular formula is C20H20N2O5. The summed E-state index contributed by atoms with van der Waals surface area (Å²) in [6, 6.07) is 10.5. The van der Waals surface area contributed by atoms with Crippen molar-refractivity contribution in [2.24, 2.45) is 7.05 Å². The summed E-state index contributed by atoms with van der Waals surface area (Å²) in [4.78, 5) is 25.2. The van der Waals surface area contributed by atoms with Gasteiger partial charge >= 0.3 is 0 Å². The number of nitrogens with one attached hydrogen (secondary N) is 1. The Morgan fingerprint density at radius 3 is 2.19 bits per heavy atom. The molecule has 0 saturated carbocycles. The van der Waals surface area contributed by atoms with Crippen molar-refractivity contribution in [1.29, 1.82) is 0 Å². The lowest BCUT2D eigenvalue weighted by molar-refractivity contribution is -0.112. The normalized spacial score (nSPS) is 10.5. The third kappa shape index (κ3) is 3.31. The lowest BCUT2D eigenvalue weighted by atomic mass is 10.1. The van der Waals surface area contributed by atoms with Crippen LogP contribution in [0.1, 0.15) is 10.4 Å². The first-order valence-electron chi connectivity index (χ1n) is 8.20. The van der Waals surface area contributed by atoms with E-state index in [1.807, 2.05) is 35.9 Å². The lowest BCUT2D eigenvalue weighted by Gasteiger charge is -2.14. The average molecular weight is 368 g/mol. The molecule has 0 fully saturated rings. The Bertz CT molecular complexity index is 997. The second-order valence-corrected chi connectivity index (χ2v) is 5.87. The number of amides is 1. The number of Topliss-reactive ketones (excluding diaryl/α,β-unsaturated/α-hetero) is 1. The highest BCUT2D eigenvalue weighted by molar-refractivity contribution is 6.48. The van der Waals surface area contributed by atoms with Gasteiger partial charge in [-0.3, -0.25) is 9.59 Å². The van der Waals surface area contributed by atoms with Crippen LogP contribution in [-0.2, 0) is 11.8 Å². The molecule has 1 amide bonds. The predicted molar refractivity (Wildman–Crippen MR) is 102 cm³/mol. The number of methoxy groups -OCH3 is 3. The Labute approximate surface area is 156 Å². The van der Waals surface area contributed by atoms with E-state index in [2.05, 4.69) is 5.32 Å². The maximum atomic E-state index is 12.7. The molecule has 27 heavy (non-hydrogen) atoms. The molecule has 0 aliphatic heterocycles. The minimum atomic E-state index is -0.749. The largest absolute Gasteiger partial charge is 0.493 e. The molecule has 0 aliphatic rings. The van der Waals surface area contributed by atoms with Gasteiger partial charge < -0.3 is 24.1 Å². The summed E-state index contributed by atoms with van der Waals surface area (Å²) in [6.45, 7) is 0. The Hall–Kier alpha value is -3.48. The number of carbonyl (C=O) groups excluding carboxylic acids is 2. The number of anilines is 1. The summed E-state index contributed by atoms with van der Waals surface area (Å²) in [5, 5.41) is 3.33. The fraction of sp³-hybridized carbons (Fsp3) is 0.200. The van der Waals surface area contributed by atoms with Gasteiger partial charge in [0.05, 0.1) is 26.9 Å². The summed E-state index contributed by atoms with van der Waals surface area (Å²) < 4.78 is 17.6. The van der Waals surface area contributed by atoms with Crippen molar-refractivity contribution in [2.75, 3.05) is 26.6 Å². The molecule has 7 heteroatoms. The molecule has 3 aromatic rings. The molecule has 0 bridgehead atoms. The van der Waals surface area contributed by atoms with Crippen LogP contribution in [0.25, 0.3) is 10.9 Å². The zero-order valence-electron chi connectivity index (χ0n) is 15.5. The van der Waals surface area contributed by atoms with E-state index in [-0.39, 0.29) is 0 Å². The highest BCUT2D eigenvalue weighted by Crippen LogP contribution is 2.40. The van der Waals surface area contributed by atoms with E-state index >= 15 is 0 Å². The number of para-hydroxylation sites is 1. The zero-order valence-corrected chi connectivity index (χ0v) is 15.5. The van der Waals surface area contributed by atoms with Crippen molar-refractivity contribution in [3.63, 3.8) is 0 Å². The van der Waals surface area contributed by atoms with Crippen molar-refractivity contribution in [2.45, 2.75) is 0 Å². The van der Waals surface area contributed by atoms with Crippen molar-refractivity contribution >= 4 is 28.3 Å². The van der Waals surface area contributed by atoms with Gasteiger partial charge in [0.15, 0.2) is 11.5 Å². The minimum Gasteiger partial charge on any atom is -0.493 e. The summed E-state index contributed by atoms with van der Waals surface area (Å²) >= 11 is 0. The van der Waals surface area contributed by atoms with Crippen molar-refractivity contribution in [1.82, 2.24) is 4.57 Å². The van der Waals surface area contributed by atoms with Crippen LogP contribution < -0.4 is 19.5 Å². The van der Waals surface area contributed by atoms with Gasteiger partial charge in [-0.15, -0.1) is 0 Å². The molecule has 1 aromatic heterocycles. The molecule has 0 radical (unpaired) electrons. The second-order valence-electron chi connectivity index (χ2n) is 5.87. The number of fused-ring (bicyclic) bond motifs is 1. The average Bonchev–Trinajstić information content (AvgIpc) is 3.03. The van der Waals surface area contributed by atoms with E-state index in [1.54, 1.807) is 18.3 Å². The van der Waals surface area contributed by atoms with Gasteiger partial charge in [0.2, 0.25) is 5.75 Å². The van der Waals surface area contributed by atoms with Crippen molar-refractivity contribution < 1.29 is 23.8 Å². The first-order valence-corrected chi connectivity index (χ1v) is 8.20. The third-order valence-electron chi connectivity index (χ3n) is 4.27. The molecule has 3 rings (SSSR count). The Morgan fingerprint density at radius 1 is 0.963 bits per heavy atom. The molecule has 0 atom stereocenters. The number of aromatic nitrogens is 1. The van der Waals surface area contributed by atoms with Gasteiger partial charge in [-0.05, 0) is 6.07 Å². The first kappa shape index (κ1) is 18.3. The number of aryl methyl sites for hydroxylation is 1. The smallest absolute Gasteiger partial charge is 0.296 e. The maximum Gasteiger partial charge on any atom is 0.296 e. The van der Waals surface area contributed by atoms with Gasteiger partial charge in [-0.25, -0.2) is 0 Å². The topological polar surface area (TPSA) is 78.8 Å². The lowest BCUT2D eigenvalue weighted by Crippen LogP contribution is -2.22. The van der Waals surface area contributed by atoms with Crippen molar-refractivity contribution in [3.05, 3.63) is 48.2 Å². The molecule has 2 aromatic carbocycles. The molecule has 0 saturated heterocycles. The Balaban J connectivity index is 1.92. The number of carbonyl (C=O) groups is 2. The van der Waals surface area contributed by atoms with E-state index in [0.717, 1.165) is 10.9 Å². The van der Waals surface area contributed by atoms with Crippen LogP contribution in [0.3, 0.4) is 0 Å². The van der Waals surface area contributed by atoms with Gasteiger partial charge in [0.25, 0.3) is 11.7 Å². The van der Waals surface area contributed by atoms with Crippen LogP contribution in [0.5, 0.6) is 17.2 Å². The summed E-state index contributed by atoms with van der Waals surface area (Å²) in [7, 11) is 6.27. The number of hydrogen-bond donors (Lipinski definition) is 1. The number of ketones is 1. The SMILES string of the molecule is COc1cc(NC(=O)C(=O)c2cn(C)c3ccccc23)cc(OC)c1OC. The number of nitrogens with zero attached hydrogens (tertiary/aromatic N) is 1. The summed E-state index contributed by atoms with van der Waals surface area (Å²) in [5.74, 6) is -0.214. The monoisotopic (exact) mass is 368 g/mol. The number of benzene rings is 2. The molecule has 1 heterocycles.